The molecule has 0 aromatic heterocycles. The Labute approximate surface area is 94.0 Å². The van der Waals surface area contributed by atoms with Gasteiger partial charge in [0.1, 0.15) is 11.4 Å². The minimum atomic E-state index is -1.32. The molecule has 0 fully saturated rings. The zero-order chi connectivity index (χ0) is 12.6. The van der Waals surface area contributed by atoms with Gasteiger partial charge in [0.25, 0.3) is 0 Å². The predicted octanol–water partition coefficient (Wildman–Crippen LogP) is 0.661. The first kappa shape index (κ1) is 14.7. The molecule has 0 saturated heterocycles. The fourth-order valence-corrected chi connectivity index (χ4v) is 0.971. The summed E-state index contributed by atoms with van der Waals surface area (Å²) in [4.78, 5) is 10.6. The number of aliphatic carboxylic acids is 1. The summed E-state index contributed by atoms with van der Waals surface area (Å²) in [5.74, 6) is -1.47. The molecule has 0 radical (unpaired) electrons. The minimum Gasteiger partial charge on any atom is -0.480 e. The van der Waals surface area contributed by atoms with E-state index in [4.69, 9.17) is 16.2 Å². The first-order valence-electron chi connectivity index (χ1n) is 4.96. The van der Waals surface area contributed by atoms with Gasteiger partial charge in [-0.2, -0.15) is 0 Å². The van der Waals surface area contributed by atoms with Crippen LogP contribution in [0.5, 0.6) is 0 Å². The van der Waals surface area contributed by atoms with E-state index in [1.165, 1.54) is 13.0 Å². The lowest BCUT2D eigenvalue weighted by Gasteiger charge is -2.17. The van der Waals surface area contributed by atoms with Crippen LogP contribution in [0, 0.1) is 5.41 Å². The maximum Gasteiger partial charge on any atom is 0.323 e. The van der Waals surface area contributed by atoms with E-state index in [0.717, 1.165) is 6.21 Å². The smallest absolute Gasteiger partial charge is 0.323 e. The van der Waals surface area contributed by atoms with E-state index in [2.05, 4.69) is 5.32 Å². The van der Waals surface area contributed by atoms with Gasteiger partial charge in [-0.05, 0) is 19.8 Å². The van der Waals surface area contributed by atoms with E-state index in [1.807, 2.05) is 0 Å². The summed E-state index contributed by atoms with van der Waals surface area (Å²) < 4.78 is 13.0. The lowest BCUT2D eigenvalue weighted by molar-refractivity contribution is -0.142. The molecule has 16 heavy (non-hydrogen) atoms. The van der Waals surface area contributed by atoms with Crippen molar-refractivity contribution in [3.05, 3.63) is 11.9 Å². The van der Waals surface area contributed by atoms with Crippen LogP contribution in [0.25, 0.3) is 0 Å². The minimum absolute atomic E-state index is 0.0454. The monoisotopic (exact) mass is 231 g/mol. The molecule has 1 atom stereocenters. The molecule has 5 nitrogen and oxygen atoms in total. The van der Waals surface area contributed by atoms with Crippen LogP contribution in [0.1, 0.15) is 19.8 Å². The number of hydrogen-bond acceptors (Lipinski definition) is 4. The Morgan fingerprint density at radius 3 is 2.81 bits per heavy atom. The van der Waals surface area contributed by atoms with E-state index >= 15 is 0 Å². The third kappa shape index (κ3) is 6.26. The number of hydrogen-bond donors (Lipinski definition) is 4. The van der Waals surface area contributed by atoms with Crippen molar-refractivity contribution in [3.8, 4) is 0 Å². The van der Waals surface area contributed by atoms with Crippen LogP contribution in [0.3, 0.4) is 0 Å². The van der Waals surface area contributed by atoms with Gasteiger partial charge in [0.15, 0.2) is 0 Å². The molecular formula is C10H18FN3O2. The Balaban J connectivity index is 3.90. The molecule has 0 spiro atoms. The summed E-state index contributed by atoms with van der Waals surface area (Å²) in [6.45, 7) is 1.75. The molecule has 0 aromatic carbocycles. The van der Waals surface area contributed by atoms with Gasteiger partial charge in [0.05, 0.1) is 0 Å². The zero-order valence-corrected chi connectivity index (χ0v) is 9.29. The average molecular weight is 231 g/mol. The van der Waals surface area contributed by atoms with Crippen molar-refractivity contribution in [1.29, 1.82) is 5.41 Å². The number of carboxylic acids is 1. The SMILES string of the molecule is C[C@](N)(CC/C=C(/F)CNCC=N)C(=O)O. The summed E-state index contributed by atoms with van der Waals surface area (Å²) in [7, 11) is 0. The van der Waals surface area contributed by atoms with E-state index in [9.17, 15) is 9.18 Å². The molecular weight excluding hydrogens is 213 g/mol. The Hall–Kier alpha value is -1.27. The second-order valence-electron chi connectivity index (χ2n) is 3.75. The van der Waals surface area contributed by atoms with Crippen LogP contribution in [-0.4, -0.2) is 35.9 Å². The van der Waals surface area contributed by atoms with Crippen molar-refractivity contribution in [3.63, 3.8) is 0 Å². The number of allylic oxidation sites excluding steroid dienone is 1. The number of nitrogens with one attached hydrogen (secondary N) is 2. The van der Waals surface area contributed by atoms with Crippen molar-refractivity contribution in [2.24, 2.45) is 5.73 Å². The van der Waals surface area contributed by atoms with Gasteiger partial charge < -0.3 is 21.6 Å². The number of halogens is 1. The molecule has 0 saturated carbocycles. The highest BCUT2D eigenvalue weighted by molar-refractivity contribution is 5.77. The maximum atomic E-state index is 13.0. The average Bonchev–Trinajstić information content (AvgIpc) is 2.17. The third-order valence-electron chi connectivity index (χ3n) is 2.06. The number of rotatable bonds is 8. The molecule has 6 heteroatoms. The van der Waals surface area contributed by atoms with Gasteiger partial charge in [0, 0.05) is 19.3 Å². The van der Waals surface area contributed by atoms with E-state index < -0.39 is 11.5 Å². The third-order valence-corrected chi connectivity index (χ3v) is 2.06. The van der Waals surface area contributed by atoms with E-state index in [0.29, 0.717) is 6.54 Å². The summed E-state index contributed by atoms with van der Waals surface area (Å²) in [5, 5.41) is 18.1. The predicted molar refractivity (Wildman–Crippen MR) is 60.3 cm³/mol. The summed E-state index contributed by atoms with van der Waals surface area (Å²) in [5.41, 5.74) is 4.15. The molecule has 0 aliphatic carbocycles. The molecule has 0 rings (SSSR count). The Bertz CT molecular complexity index is 277. The van der Waals surface area contributed by atoms with Gasteiger partial charge in [0.2, 0.25) is 0 Å². The fraction of sp³-hybridized carbons (Fsp3) is 0.600. The molecule has 0 bridgehead atoms. The van der Waals surface area contributed by atoms with Crippen molar-refractivity contribution in [2.45, 2.75) is 25.3 Å². The first-order chi connectivity index (χ1) is 7.40. The topological polar surface area (TPSA) is 99.2 Å². The zero-order valence-electron chi connectivity index (χ0n) is 9.29. The molecule has 92 valence electrons. The molecule has 0 unspecified atom stereocenters. The Morgan fingerprint density at radius 2 is 2.31 bits per heavy atom. The highest BCUT2D eigenvalue weighted by Gasteiger charge is 2.26. The van der Waals surface area contributed by atoms with Gasteiger partial charge in [-0.3, -0.25) is 4.79 Å². The molecule has 0 heterocycles. The molecule has 0 aromatic rings. The number of carbonyl (C=O) groups is 1. The lowest BCUT2D eigenvalue weighted by Crippen LogP contribution is -2.44. The van der Waals surface area contributed by atoms with E-state index in [-0.39, 0.29) is 25.2 Å². The molecule has 0 aliphatic rings. The largest absolute Gasteiger partial charge is 0.480 e. The number of nitrogens with two attached hydrogens (primary N) is 1. The lowest BCUT2D eigenvalue weighted by atomic mass is 9.97. The van der Waals surface area contributed by atoms with Crippen molar-refractivity contribution < 1.29 is 14.3 Å². The molecule has 0 aliphatic heterocycles. The van der Waals surface area contributed by atoms with Crippen molar-refractivity contribution >= 4 is 12.2 Å². The first-order valence-corrected chi connectivity index (χ1v) is 4.96. The number of carboxylic acid groups (broad SMARTS) is 1. The second-order valence-corrected chi connectivity index (χ2v) is 3.75. The van der Waals surface area contributed by atoms with Gasteiger partial charge in [-0.15, -0.1) is 0 Å². The Kier molecular flexibility index (Phi) is 6.52. The highest BCUT2D eigenvalue weighted by atomic mass is 19.1. The normalized spacial score (nSPS) is 15.6. The summed E-state index contributed by atoms with van der Waals surface area (Å²) in [6.07, 6.45) is 2.90. The molecule has 0 amide bonds. The van der Waals surface area contributed by atoms with Gasteiger partial charge in [-0.1, -0.05) is 6.08 Å². The van der Waals surface area contributed by atoms with Crippen LogP contribution < -0.4 is 11.1 Å². The van der Waals surface area contributed by atoms with Crippen LogP contribution in [-0.2, 0) is 4.79 Å². The second kappa shape index (κ2) is 7.08. The summed E-state index contributed by atoms with van der Waals surface area (Å²) >= 11 is 0. The van der Waals surface area contributed by atoms with Gasteiger partial charge >= 0.3 is 5.97 Å². The summed E-state index contributed by atoms with van der Waals surface area (Å²) in [6, 6.07) is 0. The van der Waals surface area contributed by atoms with Crippen LogP contribution in [0.15, 0.2) is 11.9 Å². The van der Waals surface area contributed by atoms with E-state index in [1.54, 1.807) is 0 Å². The van der Waals surface area contributed by atoms with Crippen molar-refractivity contribution in [1.82, 2.24) is 5.32 Å². The Morgan fingerprint density at radius 1 is 1.69 bits per heavy atom. The van der Waals surface area contributed by atoms with Crippen LogP contribution in [0.2, 0.25) is 0 Å². The maximum absolute atomic E-state index is 13.0. The quantitative estimate of drug-likeness (QED) is 0.364. The molecule has 5 N–H and O–H groups in total. The van der Waals surface area contributed by atoms with Crippen molar-refractivity contribution in [2.75, 3.05) is 13.1 Å². The van der Waals surface area contributed by atoms with Crippen LogP contribution >= 0.6 is 0 Å². The highest BCUT2D eigenvalue weighted by Crippen LogP contribution is 2.10. The fourth-order valence-electron chi connectivity index (χ4n) is 0.971. The van der Waals surface area contributed by atoms with Crippen LogP contribution in [0.4, 0.5) is 4.39 Å². The standard InChI is InChI=1S/C10H18FN3O2/c1-10(13,9(15)16)4-2-3-8(11)7-14-6-5-12/h3,5,12,14H,2,4,6-7,13H2,1H3,(H,15,16)/b8-3+,12-5?/t10-/m0/s1. The van der Waals surface area contributed by atoms with Gasteiger partial charge in [-0.25, -0.2) is 4.39 Å².